The van der Waals surface area contributed by atoms with Crippen molar-refractivity contribution in [1.29, 1.82) is 0 Å². The largest absolute Gasteiger partial charge is 0.404 e. The first kappa shape index (κ1) is 16.6. The molecule has 0 saturated carbocycles. The molecule has 5 rings (SSSR count). The van der Waals surface area contributed by atoms with Gasteiger partial charge < -0.3 is 10.2 Å². The third kappa shape index (κ3) is 2.93. The monoisotopic (exact) mass is 387 g/mol. The van der Waals surface area contributed by atoms with Crippen molar-refractivity contribution >= 4 is 23.2 Å². The molecule has 2 heterocycles. The van der Waals surface area contributed by atoms with E-state index in [9.17, 15) is 0 Å². The minimum atomic E-state index is 0.0489. The summed E-state index contributed by atoms with van der Waals surface area (Å²) in [6.45, 7) is 0. The second kappa shape index (κ2) is 6.58. The van der Waals surface area contributed by atoms with Gasteiger partial charge in [0, 0.05) is 21.7 Å². The molecule has 6 nitrogen and oxygen atoms in total. The molecule has 0 atom stereocenters. The number of nitrogens with two attached hydrogens (primary N) is 1. The van der Waals surface area contributed by atoms with Crippen LogP contribution in [0.1, 0.15) is 16.8 Å². The molecule has 2 N–H and O–H groups in total. The fourth-order valence-corrected chi connectivity index (χ4v) is 3.44. The Morgan fingerprint density at radius 2 is 1.71 bits per heavy atom. The summed E-state index contributed by atoms with van der Waals surface area (Å²) in [4.78, 5) is 9.21. The Morgan fingerprint density at radius 3 is 2.50 bits per heavy atom. The predicted octanol–water partition coefficient (Wildman–Crippen LogP) is 4.42. The van der Waals surface area contributed by atoms with E-state index in [0.29, 0.717) is 10.9 Å². The number of hydrogen-bond donors (Lipinski definition) is 1. The lowest BCUT2D eigenvalue weighted by atomic mass is 10.0. The molecule has 28 heavy (non-hydrogen) atoms. The van der Waals surface area contributed by atoms with Crippen LogP contribution >= 0.6 is 11.6 Å². The molecule has 0 saturated heterocycles. The van der Waals surface area contributed by atoms with E-state index in [1.807, 2.05) is 36.4 Å². The Kier molecular flexibility index (Phi) is 3.91. The fourth-order valence-electron chi connectivity index (χ4n) is 3.31. The highest BCUT2D eigenvalue weighted by molar-refractivity contribution is 6.30. The molecule has 2 aromatic carbocycles. The van der Waals surface area contributed by atoms with Crippen molar-refractivity contribution in [3.05, 3.63) is 82.8 Å². The third-order valence-electron chi connectivity index (χ3n) is 4.66. The summed E-state index contributed by atoms with van der Waals surface area (Å²) in [5, 5.41) is 8.39. The van der Waals surface area contributed by atoms with Gasteiger partial charge in [-0.25, -0.2) is 4.98 Å². The number of aromatic nitrogens is 4. The number of nitrogen functional groups attached to an aromatic ring is 1. The number of allylic oxidation sites excluding steroid dienone is 1. The van der Waals surface area contributed by atoms with Gasteiger partial charge in [-0.1, -0.05) is 41.0 Å². The average Bonchev–Trinajstić information content (AvgIpc) is 3.34. The van der Waals surface area contributed by atoms with Crippen LogP contribution in [0, 0.1) is 0 Å². The Hall–Kier alpha value is -3.51. The zero-order valence-electron chi connectivity index (χ0n) is 14.6. The van der Waals surface area contributed by atoms with Crippen molar-refractivity contribution in [3.63, 3.8) is 0 Å². The van der Waals surface area contributed by atoms with E-state index in [-0.39, 0.29) is 6.01 Å². The second-order valence-electron chi connectivity index (χ2n) is 6.44. The Bertz CT molecular complexity index is 1210. The van der Waals surface area contributed by atoms with E-state index in [0.717, 1.165) is 40.1 Å². The van der Waals surface area contributed by atoms with E-state index < -0.39 is 0 Å². The molecule has 0 unspecified atom stereocenters. The van der Waals surface area contributed by atoms with Crippen LogP contribution in [0.25, 0.3) is 28.3 Å². The molecule has 0 amide bonds. The highest BCUT2D eigenvalue weighted by Gasteiger charge is 2.19. The van der Waals surface area contributed by atoms with Gasteiger partial charge in [0.1, 0.15) is 0 Å². The van der Waals surface area contributed by atoms with Crippen LogP contribution in [0.4, 0.5) is 6.01 Å². The summed E-state index contributed by atoms with van der Waals surface area (Å²) < 4.78 is 5.35. The van der Waals surface area contributed by atoms with Crippen LogP contribution in [0.3, 0.4) is 0 Å². The normalized spacial score (nSPS) is 12.7. The summed E-state index contributed by atoms with van der Waals surface area (Å²) in [6.07, 6.45) is 6.52. The standard InChI is InChI=1S/C21H14ClN5O/c22-15-6-3-13(4-7-15)18-10-24-11-19(25-18)16-8-5-12-1-2-14(9-17(12)16)20-26-27-21(23)28-20/h1-4,6-11H,5H2,(H2,23,27). The first-order chi connectivity index (χ1) is 13.7. The Labute approximate surface area is 165 Å². The van der Waals surface area contributed by atoms with E-state index in [2.05, 4.69) is 27.3 Å². The molecular weight excluding hydrogens is 374 g/mol. The van der Waals surface area contributed by atoms with Gasteiger partial charge in [0.2, 0.25) is 5.89 Å². The number of nitrogens with zero attached hydrogens (tertiary/aromatic N) is 4. The maximum atomic E-state index is 5.99. The average molecular weight is 388 g/mol. The van der Waals surface area contributed by atoms with Crippen LogP contribution < -0.4 is 5.73 Å². The SMILES string of the molecule is Nc1nnc(-c2ccc3c(c2)C(c2cncc(-c4ccc(Cl)cc4)n2)=CC3)o1. The predicted molar refractivity (Wildman–Crippen MR) is 107 cm³/mol. The smallest absolute Gasteiger partial charge is 0.313 e. The third-order valence-corrected chi connectivity index (χ3v) is 4.92. The minimum absolute atomic E-state index is 0.0489. The molecule has 0 bridgehead atoms. The fraction of sp³-hybridized carbons (Fsp3) is 0.0476. The van der Waals surface area contributed by atoms with E-state index in [4.69, 9.17) is 26.7 Å². The maximum Gasteiger partial charge on any atom is 0.313 e. The summed E-state index contributed by atoms with van der Waals surface area (Å²) in [5.41, 5.74) is 12.3. The van der Waals surface area contributed by atoms with Crippen molar-refractivity contribution in [2.24, 2.45) is 0 Å². The molecule has 0 radical (unpaired) electrons. The second-order valence-corrected chi connectivity index (χ2v) is 6.87. The zero-order valence-corrected chi connectivity index (χ0v) is 15.4. The highest BCUT2D eigenvalue weighted by atomic mass is 35.5. The van der Waals surface area contributed by atoms with Gasteiger partial charge >= 0.3 is 6.01 Å². The molecule has 4 aromatic rings. The molecule has 1 aliphatic carbocycles. The van der Waals surface area contributed by atoms with E-state index in [1.54, 1.807) is 12.4 Å². The number of hydrogen-bond acceptors (Lipinski definition) is 6. The van der Waals surface area contributed by atoms with Crippen molar-refractivity contribution in [1.82, 2.24) is 20.2 Å². The minimum Gasteiger partial charge on any atom is -0.404 e. The first-order valence-corrected chi connectivity index (χ1v) is 9.06. The number of fused-ring (bicyclic) bond motifs is 1. The topological polar surface area (TPSA) is 90.7 Å². The summed E-state index contributed by atoms with van der Waals surface area (Å²) in [6, 6.07) is 13.7. The number of anilines is 1. The highest BCUT2D eigenvalue weighted by Crippen LogP contribution is 2.35. The number of halogens is 1. The van der Waals surface area contributed by atoms with Gasteiger partial charge in [-0.2, -0.15) is 0 Å². The van der Waals surface area contributed by atoms with Crippen molar-refractivity contribution in [3.8, 4) is 22.7 Å². The lowest BCUT2D eigenvalue weighted by molar-refractivity contribution is 0.590. The van der Waals surface area contributed by atoms with Gasteiger partial charge in [-0.05, 0) is 41.8 Å². The molecule has 1 aliphatic rings. The van der Waals surface area contributed by atoms with Crippen molar-refractivity contribution in [2.75, 3.05) is 5.73 Å². The molecule has 136 valence electrons. The van der Waals surface area contributed by atoms with E-state index in [1.165, 1.54) is 5.56 Å². The molecule has 2 aromatic heterocycles. The van der Waals surface area contributed by atoms with Crippen LogP contribution in [-0.2, 0) is 6.42 Å². The maximum absolute atomic E-state index is 5.99. The van der Waals surface area contributed by atoms with Gasteiger partial charge in [-0.15, -0.1) is 5.10 Å². The molecular formula is C21H14ClN5O. The number of benzene rings is 2. The zero-order chi connectivity index (χ0) is 19.1. The Balaban J connectivity index is 1.54. The van der Waals surface area contributed by atoms with E-state index >= 15 is 0 Å². The lowest BCUT2D eigenvalue weighted by Gasteiger charge is -2.08. The van der Waals surface area contributed by atoms with Crippen molar-refractivity contribution < 1.29 is 4.42 Å². The summed E-state index contributed by atoms with van der Waals surface area (Å²) >= 11 is 5.99. The van der Waals surface area contributed by atoms with Gasteiger partial charge in [0.15, 0.2) is 0 Å². The quantitative estimate of drug-likeness (QED) is 0.559. The van der Waals surface area contributed by atoms with Gasteiger partial charge in [0.25, 0.3) is 0 Å². The lowest BCUT2D eigenvalue weighted by Crippen LogP contribution is -1.95. The molecule has 7 heteroatoms. The summed E-state index contributed by atoms with van der Waals surface area (Å²) in [7, 11) is 0. The first-order valence-electron chi connectivity index (χ1n) is 8.68. The molecule has 0 aliphatic heterocycles. The van der Waals surface area contributed by atoms with Gasteiger partial charge in [-0.3, -0.25) is 4.98 Å². The van der Waals surface area contributed by atoms with Gasteiger partial charge in [0.05, 0.1) is 23.8 Å². The van der Waals surface area contributed by atoms with Crippen LogP contribution in [-0.4, -0.2) is 20.2 Å². The number of rotatable bonds is 3. The van der Waals surface area contributed by atoms with Crippen molar-refractivity contribution in [2.45, 2.75) is 6.42 Å². The van der Waals surface area contributed by atoms with Crippen LogP contribution in [0.5, 0.6) is 0 Å². The molecule has 0 spiro atoms. The van der Waals surface area contributed by atoms with Crippen LogP contribution in [0.15, 0.2) is 65.4 Å². The Morgan fingerprint density at radius 1 is 0.929 bits per heavy atom. The van der Waals surface area contributed by atoms with Crippen LogP contribution in [0.2, 0.25) is 5.02 Å². The summed E-state index contributed by atoms with van der Waals surface area (Å²) in [5.74, 6) is 0.396. The molecule has 0 fully saturated rings.